The Kier molecular flexibility index (Phi) is 4.38. The maximum Gasteiger partial charge on any atom is 0.222 e. The number of anilines is 1. The third-order valence-corrected chi connectivity index (χ3v) is 2.21. The minimum Gasteiger partial charge on any atom is -0.350 e. The SMILES string of the molecule is Cl.Clc1cnc(N[C@@H]2CCNC2)nc1. The monoisotopic (exact) mass is 234 g/mol. The first-order valence-corrected chi connectivity index (χ1v) is 4.67. The molecule has 1 aliphatic heterocycles. The van der Waals surface area contributed by atoms with E-state index in [0.29, 0.717) is 17.0 Å². The zero-order valence-corrected chi connectivity index (χ0v) is 9.11. The van der Waals surface area contributed by atoms with Gasteiger partial charge in [0.25, 0.3) is 0 Å². The Hall–Kier alpha value is -0.580. The predicted molar refractivity (Wildman–Crippen MR) is 59.2 cm³/mol. The van der Waals surface area contributed by atoms with Crippen molar-refractivity contribution in [3.8, 4) is 0 Å². The number of nitrogens with zero attached hydrogens (tertiary/aromatic N) is 2. The van der Waals surface area contributed by atoms with Crippen LogP contribution in [0.2, 0.25) is 5.02 Å². The third kappa shape index (κ3) is 2.97. The maximum absolute atomic E-state index is 5.66. The molecule has 0 aromatic carbocycles. The normalized spacial score (nSPS) is 20.2. The fourth-order valence-corrected chi connectivity index (χ4v) is 1.44. The summed E-state index contributed by atoms with van der Waals surface area (Å²) in [5, 5.41) is 7.05. The van der Waals surface area contributed by atoms with Gasteiger partial charge in [-0.25, -0.2) is 9.97 Å². The fraction of sp³-hybridized carbons (Fsp3) is 0.500. The molecular weight excluding hydrogens is 223 g/mol. The van der Waals surface area contributed by atoms with Crippen molar-refractivity contribution < 1.29 is 0 Å². The van der Waals surface area contributed by atoms with Crippen molar-refractivity contribution in [1.82, 2.24) is 15.3 Å². The van der Waals surface area contributed by atoms with Crippen LogP contribution in [0.3, 0.4) is 0 Å². The third-order valence-electron chi connectivity index (χ3n) is 2.01. The Morgan fingerprint density at radius 1 is 1.43 bits per heavy atom. The van der Waals surface area contributed by atoms with Gasteiger partial charge in [0.15, 0.2) is 0 Å². The molecule has 0 amide bonds. The van der Waals surface area contributed by atoms with E-state index in [9.17, 15) is 0 Å². The van der Waals surface area contributed by atoms with E-state index < -0.39 is 0 Å². The van der Waals surface area contributed by atoms with Gasteiger partial charge < -0.3 is 10.6 Å². The Bertz CT molecular complexity index is 271. The van der Waals surface area contributed by atoms with Gasteiger partial charge in [-0.2, -0.15) is 0 Å². The van der Waals surface area contributed by atoms with Crippen LogP contribution in [0.4, 0.5) is 5.95 Å². The summed E-state index contributed by atoms with van der Waals surface area (Å²) in [5.41, 5.74) is 0. The van der Waals surface area contributed by atoms with E-state index in [1.165, 1.54) is 0 Å². The molecule has 0 bridgehead atoms. The van der Waals surface area contributed by atoms with Gasteiger partial charge in [-0.3, -0.25) is 0 Å². The minimum absolute atomic E-state index is 0. The minimum atomic E-state index is 0. The van der Waals surface area contributed by atoms with E-state index in [-0.39, 0.29) is 12.4 Å². The van der Waals surface area contributed by atoms with Crippen molar-refractivity contribution in [2.75, 3.05) is 18.4 Å². The summed E-state index contributed by atoms with van der Waals surface area (Å²) in [4.78, 5) is 8.12. The lowest BCUT2D eigenvalue weighted by atomic mass is 10.3. The zero-order valence-electron chi connectivity index (χ0n) is 7.53. The van der Waals surface area contributed by atoms with Gasteiger partial charge in [0, 0.05) is 12.6 Å². The lowest BCUT2D eigenvalue weighted by molar-refractivity contribution is 0.780. The van der Waals surface area contributed by atoms with Crippen LogP contribution < -0.4 is 10.6 Å². The zero-order chi connectivity index (χ0) is 9.10. The first kappa shape index (κ1) is 11.5. The summed E-state index contributed by atoms with van der Waals surface area (Å²) >= 11 is 5.66. The van der Waals surface area contributed by atoms with Crippen molar-refractivity contribution in [2.45, 2.75) is 12.5 Å². The van der Waals surface area contributed by atoms with E-state index in [4.69, 9.17) is 11.6 Å². The second kappa shape index (κ2) is 5.34. The largest absolute Gasteiger partial charge is 0.350 e. The summed E-state index contributed by atoms with van der Waals surface area (Å²) < 4.78 is 0. The predicted octanol–water partition coefficient (Wildman–Crippen LogP) is 1.33. The standard InChI is InChI=1S/C8H11ClN4.ClH/c9-6-3-11-8(12-4-6)13-7-1-2-10-5-7;/h3-4,7,10H,1-2,5H2,(H,11,12,13);1H/t7-;/m1./s1. The van der Waals surface area contributed by atoms with Gasteiger partial charge in [-0.15, -0.1) is 12.4 Å². The molecule has 14 heavy (non-hydrogen) atoms. The number of rotatable bonds is 2. The van der Waals surface area contributed by atoms with Crippen molar-refractivity contribution in [3.63, 3.8) is 0 Å². The highest BCUT2D eigenvalue weighted by Gasteiger charge is 2.14. The van der Waals surface area contributed by atoms with Gasteiger partial charge in [-0.05, 0) is 13.0 Å². The molecule has 1 aliphatic rings. The van der Waals surface area contributed by atoms with Gasteiger partial charge in [0.1, 0.15) is 0 Å². The lowest BCUT2D eigenvalue weighted by Gasteiger charge is -2.09. The number of hydrogen-bond donors (Lipinski definition) is 2. The first-order chi connectivity index (χ1) is 6.34. The molecule has 2 heterocycles. The van der Waals surface area contributed by atoms with E-state index >= 15 is 0 Å². The van der Waals surface area contributed by atoms with Crippen LogP contribution in [0.25, 0.3) is 0 Å². The summed E-state index contributed by atoms with van der Waals surface area (Å²) in [5.74, 6) is 0.651. The van der Waals surface area contributed by atoms with E-state index in [2.05, 4.69) is 20.6 Å². The average Bonchev–Trinajstić information content (AvgIpc) is 2.62. The molecule has 0 aliphatic carbocycles. The highest BCUT2D eigenvalue weighted by molar-refractivity contribution is 6.30. The van der Waals surface area contributed by atoms with Crippen molar-refractivity contribution >= 4 is 30.0 Å². The van der Waals surface area contributed by atoms with Crippen LogP contribution in [0.5, 0.6) is 0 Å². The Morgan fingerprint density at radius 2 is 2.14 bits per heavy atom. The summed E-state index contributed by atoms with van der Waals surface area (Å²) in [6, 6.07) is 0.446. The van der Waals surface area contributed by atoms with Gasteiger partial charge in [-0.1, -0.05) is 11.6 Å². The molecule has 4 nitrogen and oxygen atoms in total. The molecule has 1 atom stereocenters. The molecule has 2 rings (SSSR count). The quantitative estimate of drug-likeness (QED) is 0.811. The van der Waals surface area contributed by atoms with Crippen molar-refractivity contribution in [2.24, 2.45) is 0 Å². The molecule has 2 N–H and O–H groups in total. The molecule has 1 aromatic heterocycles. The van der Waals surface area contributed by atoms with Crippen LogP contribution >= 0.6 is 24.0 Å². The van der Waals surface area contributed by atoms with E-state index in [1.54, 1.807) is 12.4 Å². The van der Waals surface area contributed by atoms with Gasteiger partial charge in [0.2, 0.25) is 5.95 Å². The number of aromatic nitrogens is 2. The van der Waals surface area contributed by atoms with Crippen LogP contribution in [-0.2, 0) is 0 Å². The van der Waals surface area contributed by atoms with Crippen LogP contribution in [0, 0.1) is 0 Å². The summed E-state index contributed by atoms with van der Waals surface area (Å²) in [6.07, 6.45) is 4.31. The van der Waals surface area contributed by atoms with E-state index in [0.717, 1.165) is 19.5 Å². The second-order valence-electron chi connectivity index (χ2n) is 3.06. The Balaban J connectivity index is 0.000000980. The van der Waals surface area contributed by atoms with Crippen LogP contribution in [0.1, 0.15) is 6.42 Å². The van der Waals surface area contributed by atoms with Gasteiger partial charge in [0.05, 0.1) is 17.4 Å². The molecule has 0 unspecified atom stereocenters. The molecule has 0 saturated carbocycles. The first-order valence-electron chi connectivity index (χ1n) is 4.29. The smallest absolute Gasteiger partial charge is 0.222 e. The highest BCUT2D eigenvalue weighted by atomic mass is 35.5. The van der Waals surface area contributed by atoms with Crippen molar-refractivity contribution in [3.05, 3.63) is 17.4 Å². The Labute approximate surface area is 93.9 Å². The van der Waals surface area contributed by atoms with Gasteiger partial charge >= 0.3 is 0 Å². The number of halogens is 2. The summed E-state index contributed by atoms with van der Waals surface area (Å²) in [6.45, 7) is 2.04. The Morgan fingerprint density at radius 3 is 2.71 bits per heavy atom. The molecule has 1 fully saturated rings. The number of nitrogens with one attached hydrogen (secondary N) is 2. The fourth-order valence-electron chi connectivity index (χ4n) is 1.35. The molecule has 1 saturated heterocycles. The molecule has 0 spiro atoms. The highest BCUT2D eigenvalue weighted by Crippen LogP contribution is 2.08. The maximum atomic E-state index is 5.66. The lowest BCUT2D eigenvalue weighted by Crippen LogP contribution is -2.23. The van der Waals surface area contributed by atoms with Crippen molar-refractivity contribution in [1.29, 1.82) is 0 Å². The average molecular weight is 235 g/mol. The van der Waals surface area contributed by atoms with Crippen LogP contribution in [-0.4, -0.2) is 29.1 Å². The topological polar surface area (TPSA) is 49.8 Å². The summed E-state index contributed by atoms with van der Waals surface area (Å²) in [7, 11) is 0. The second-order valence-corrected chi connectivity index (χ2v) is 3.50. The molecule has 6 heteroatoms. The van der Waals surface area contributed by atoms with E-state index in [1.807, 2.05) is 0 Å². The molecule has 78 valence electrons. The molecular formula is C8H12Cl2N4. The van der Waals surface area contributed by atoms with Crippen LogP contribution in [0.15, 0.2) is 12.4 Å². The molecule has 1 aromatic rings. The number of hydrogen-bond acceptors (Lipinski definition) is 4. The molecule has 0 radical (unpaired) electrons.